The molecule has 0 radical (unpaired) electrons. The predicted molar refractivity (Wildman–Crippen MR) is 92.8 cm³/mol. The van der Waals surface area contributed by atoms with Crippen molar-refractivity contribution in [2.75, 3.05) is 19.6 Å². The van der Waals surface area contributed by atoms with Gasteiger partial charge in [0.25, 0.3) is 6.47 Å². The number of amides is 1. The van der Waals surface area contributed by atoms with E-state index < -0.39 is 5.97 Å². The first-order chi connectivity index (χ1) is 12.0. The molecule has 1 aliphatic rings. The fraction of sp³-hybridized carbons (Fsp3) is 0.500. The van der Waals surface area contributed by atoms with Crippen LogP contribution in [0.15, 0.2) is 30.3 Å². The molecule has 1 amide bonds. The standard InChI is InChI=1S/C10H18N2O3.C8H8O2/c1-8-10(15)12(7-5-11-8)6-3-2-4-9(13)14;9-7-10-6-8-4-2-1-3-5-8/h8,11H,2-7H2,1H3,(H,13,14);1-5,7H,6H2/t8-;/m0./s1. The molecule has 2 rings (SSSR count). The molecule has 7 heteroatoms. The van der Waals surface area contributed by atoms with Gasteiger partial charge in [-0.1, -0.05) is 30.3 Å². The van der Waals surface area contributed by atoms with Gasteiger partial charge in [-0.05, 0) is 25.3 Å². The lowest BCUT2D eigenvalue weighted by atomic mass is 10.2. The predicted octanol–water partition coefficient (Wildman–Crippen LogP) is 1.42. The zero-order valence-corrected chi connectivity index (χ0v) is 14.5. The maximum absolute atomic E-state index is 11.6. The first kappa shape index (κ1) is 20.6. The Morgan fingerprint density at radius 1 is 1.36 bits per heavy atom. The summed E-state index contributed by atoms with van der Waals surface area (Å²) in [5, 5.41) is 11.5. The summed E-state index contributed by atoms with van der Waals surface area (Å²) in [4.78, 5) is 33.4. The Balaban J connectivity index is 0.000000271. The highest BCUT2D eigenvalue weighted by atomic mass is 16.5. The first-order valence-corrected chi connectivity index (χ1v) is 8.37. The molecule has 1 aromatic carbocycles. The molecule has 1 atom stereocenters. The number of hydrogen-bond donors (Lipinski definition) is 2. The Kier molecular flexibility index (Phi) is 9.92. The second-order valence-corrected chi connectivity index (χ2v) is 5.74. The number of nitrogens with one attached hydrogen (secondary N) is 1. The first-order valence-electron chi connectivity index (χ1n) is 8.37. The maximum atomic E-state index is 11.6. The lowest BCUT2D eigenvalue weighted by Crippen LogP contribution is -2.53. The van der Waals surface area contributed by atoms with Gasteiger partial charge in [0.2, 0.25) is 5.91 Å². The molecule has 1 saturated heterocycles. The van der Waals surface area contributed by atoms with E-state index in [4.69, 9.17) is 5.11 Å². The van der Waals surface area contributed by atoms with Crippen LogP contribution in [0, 0.1) is 0 Å². The van der Waals surface area contributed by atoms with E-state index in [1.54, 1.807) is 0 Å². The molecule has 1 aliphatic heterocycles. The third-order valence-corrected chi connectivity index (χ3v) is 3.74. The quantitative estimate of drug-likeness (QED) is 0.544. The molecule has 0 aromatic heterocycles. The van der Waals surface area contributed by atoms with Gasteiger partial charge in [0.15, 0.2) is 0 Å². The third-order valence-electron chi connectivity index (χ3n) is 3.74. The average Bonchev–Trinajstić information content (AvgIpc) is 2.61. The van der Waals surface area contributed by atoms with Crippen LogP contribution in [-0.2, 0) is 25.7 Å². The zero-order chi connectivity index (χ0) is 18.5. The second-order valence-electron chi connectivity index (χ2n) is 5.74. The fourth-order valence-electron chi connectivity index (χ4n) is 2.39. The summed E-state index contributed by atoms with van der Waals surface area (Å²) in [6.45, 7) is 4.91. The van der Waals surface area contributed by atoms with Crippen LogP contribution in [0.1, 0.15) is 31.7 Å². The van der Waals surface area contributed by atoms with Crippen molar-refractivity contribution in [1.29, 1.82) is 0 Å². The number of nitrogens with zero attached hydrogens (tertiary/aromatic N) is 1. The van der Waals surface area contributed by atoms with Gasteiger partial charge in [-0.2, -0.15) is 0 Å². The van der Waals surface area contributed by atoms with Gasteiger partial charge in [-0.3, -0.25) is 14.4 Å². The molecule has 138 valence electrons. The Morgan fingerprint density at radius 2 is 2.08 bits per heavy atom. The molecule has 1 aromatic rings. The zero-order valence-electron chi connectivity index (χ0n) is 14.5. The van der Waals surface area contributed by atoms with Gasteiger partial charge in [-0.15, -0.1) is 0 Å². The number of ether oxygens (including phenoxy) is 1. The number of carbonyl (C=O) groups is 3. The van der Waals surface area contributed by atoms with Crippen molar-refractivity contribution in [1.82, 2.24) is 10.2 Å². The number of aliphatic carboxylic acids is 1. The minimum Gasteiger partial charge on any atom is -0.481 e. The molecule has 0 aliphatic carbocycles. The van der Waals surface area contributed by atoms with Crippen LogP contribution in [0.3, 0.4) is 0 Å². The maximum Gasteiger partial charge on any atom is 0.303 e. The molecule has 7 nitrogen and oxygen atoms in total. The van der Waals surface area contributed by atoms with Crippen molar-refractivity contribution in [3.05, 3.63) is 35.9 Å². The van der Waals surface area contributed by atoms with Crippen molar-refractivity contribution in [2.24, 2.45) is 0 Å². The lowest BCUT2D eigenvalue weighted by molar-refractivity contribution is -0.137. The van der Waals surface area contributed by atoms with Crippen molar-refractivity contribution in [2.45, 2.75) is 38.8 Å². The lowest BCUT2D eigenvalue weighted by Gasteiger charge is -2.31. The fourth-order valence-corrected chi connectivity index (χ4v) is 2.39. The van der Waals surface area contributed by atoms with E-state index in [9.17, 15) is 14.4 Å². The number of piperazine rings is 1. The molecule has 25 heavy (non-hydrogen) atoms. The average molecular weight is 350 g/mol. The largest absolute Gasteiger partial charge is 0.481 e. The summed E-state index contributed by atoms with van der Waals surface area (Å²) in [5.41, 5.74) is 1.01. The molecule has 0 bridgehead atoms. The number of hydrogen-bond acceptors (Lipinski definition) is 5. The van der Waals surface area contributed by atoms with Crippen LogP contribution in [0.5, 0.6) is 0 Å². The minimum absolute atomic E-state index is 0.0989. The SMILES string of the molecule is C[C@@H]1NCCN(CCCCC(=O)O)C1=O.O=COCc1ccccc1. The van der Waals surface area contributed by atoms with Crippen molar-refractivity contribution in [3.8, 4) is 0 Å². The van der Waals surface area contributed by atoms with Crippen LogP contribution in [0.25, 0.3) is 0 Å². The third kappa shape index (κ3) is 8.85. The number of unbranched alkanes of at least 4 members (excludes halogenated alkanes) is 1. The van der Waals surface area contributed by atoms with Gasteiger partial charge >= 0.3 is 5.97 Å². The smallest absolute Gasteiger partial charge is 0.303 e. The van der Waals surface area contributed by atoms with Crippen LogP contribution in [-0.4, -0.2) is 54.0 Å². The Labute approximate surface area is 148 Å². The number of carbonyl (C=O) groups excluding carboxylic acids is 2. The van der Waals surface area contributed by atoms with Crippen molar-refractivity contribution >= 4 is 18.3 Å². The van der Waals surface area contributed by atoms with Crippen LogP contribution in [0.4, 0.5) is 0 Å². The molecule has 1 fully saturated rings. The molecular formula is C18H26N2O5. The highest BCUT2D eigenvalue weighted by Crippen LogP contribution is 2.04. The normalized spacial score (nSPS) is 16.6. The van der Waals surface area contributed by atoms with Gasteiger partial charge in [0, 0.05) is 26.1 Å². The summed E-state index contributed by atoms with van der Waals surface area (Å²) in [6.07, 6.45) is 1.60. The van der Waals surface area contributed by atoms with E-state index in [1.165, 1.54) is 0 Å². The molecule has 0 spiro atoms. The molecular weight excluding hydrogens is 324 g/mol. The Morgan fingerprint density at radius 3 is 2.72 bits per heavy atom. The summed E-state index contributed by atoms with van der Waals surface area (Å²) < 4.78 is 4.54. The van der Waals surface area contributed by atoms with Crippen LogP contribution < -0.4 is 5.32 Å². The summed E-state index contributed by atoms with van der Waals surface area (Å²) in [7, 11) is 0. The van der Waals surface area contributed by atoms with E-state index >= 15 is 0 Å². The number of rotatable bonds is 8. The highest BCUT2D eigenvalue weighted by molar-refractivity contribution is 5.82. The minimum atomic E-state index is -0.769. The van der Waals surface area contributed by atoms with Gasteiger partial charge in [0.05, 0.1) is 6.04 Å². The summed E-state index contributed by atoms with van der Waals surface area (Å²) >= 11 is 0. The number of benzene rings is 1. The van der Waals surface area contributed by atoms with Gasteiger partial charge < -0.3 is 20.1 Å². The van der Waals surface area contributed by atoms with E-state index in [0.717, 1.165) is 25.1 Å². The molecule has 0 saturated carbocycles. The van der Waals surface area contributed by atoms with E-state index in [-0.39, 0.29) is 18.4 Å². The van der Waals surface area contributed by atoms with Crippen molar-refractivity contribution < 1.29 is 24.2 Å². The summed E-state index contributed by atoms with van der Waals surface area (Å²) in [5.74, 6) is -0.647. The Hall–Kier alpha value is -2.41. The van der Waals surface area contributed by atoms with Gasteiger partial charge in [-0.25, -0.2) is 0 Å². The molecule has 2 N–H and O–H groups in total. The number of carboxylic acid groups (broad SMARTS) is 1. The summed E-state index contributed by atoms with van der Waals surface area (Å²) in [6, 6.07) is 9.45. The van der Waals surface area contributed by atoms with Crippen LogP contribution in [0.2, 0.25) is 0 Å². The monoisotopic (exact) mass is 350 g/mol. The molecule has 0 unspecified atom stereocenters. The van der Waals surface area contributed by atoms with E-state index in [0.29, 0.717) is 26.0 Å². The highest BCUT2D eigenvalue weighted by Gasteiger charge is 2.23. The topological polar surface area (TPSA) is 95.9 Å². The van der Waals surface area contributed by atoms with E-state index in [2.05, 4.69) is 10.1 Å². The molecule has 1 heterocycles. The van der Waals surface area contributed by atoms with Crippen LogP contribution >= 0.6 is 0 Å². The van der Waals surface area contributed by atoms with E-state index in [1.807, 2.05) is 42.2 Å². The van der Waals surface area contributed by atoms with Gasteiger partial charge in [0.1, 0.15) is 6.61 Å². The van der Waals surface area contributed by atoms with Crippen molar-refractivity contribution in [3.63, 3.8) is 0 Å². The Bertz CT molecular complexity index is 536. The number of carboxylic acids is 1. The second kappa shape index (κ2) is 12.0.